The summed E-state index contributed by atoms with van der Waals surface area (Å²) in [4.78, 5) is 3.08. The molecule has 27 heavy (non-hydrogen) atoms. The summed E-state index contributed by atoms with van der Waals surface area (Å²) in [6, 6.07) is 14.6. The highest BCUT2D eigenvalue weighted by molar-refractivity contribution is 5.80. The number of aromatic nitrogens is 1. The van der Waals surface area contributed by atoms with E-state index in [1.807, 2.05) is 0 Å². The maximum atomic E-state index is 3.08. The van der Waals surface area contributed by atoms with Crippen molar-refractivity contribution in [3.05, 3.63) is 36.5 Å². The number of fused-ring (bicyclic) bond motifs is 5. The number of benzene rings is 1. The predicted molar refractivity (Wildman–Crippen MR) is 112 cm³/mol. The van der Waals surface area contributed by atoms with Crippen molar-refractivity contribution in [2.24, 2.45) is 11.8 Å². The summed E-state index contributed by atoms with van der Waals surface area (Å²) in [7, 11) is 0. The first-order valence-corrected chi connectivity index (χ1v) is 11.7. The van der Waals surface area contributed by atoms with Crippen LogP contribution >= 0.6 is 0 Å². The Morgan fingerprint density at radius 3 is 2.11 bits per heavy atom. The van der Waals surface area contributed by atoms with Crippen LogP contribution in [0.4, 0.5) is 0 Å². The highest BCUT2D eigenvalue weighted by atomic mass is 15.2. The van der Waals surface area contributed by atoms with E-state index in [9.17, 15) is 0 Å². The third-order valence-electron chi connectivity index (χ3n) is 8.55. The zero-order valence-corrected chi connectivity index (χ0v) is 16.6. The number of piperidine rings is 2. The van der Waals surface area contributed by atoms with Gasteiger partial charge in [0.15, 0.2) is 0 Å². The summed E-state index contributed by atoms with van der Waals surface area (Å²) >= 11 is 0. The Balaban J connectivity index is 1.26. The van der Waals surface area contributed by atoms with E-state index in [2.05, 4.69) is 46.0 Å². The molecule has 0 N–H and O–H groups in total. The Morgan fingerprint density at radius 1 is 0.630 bits per heavy atom. The Bertz CT molecular complexity index is 782. The monoisotopic (exact) mass is 362 g/mol. The molecule has 2 saturated heterocycles. The molecule has 6 rings (SSSR count). The first-order valence-electron chi connectivity index (χ1n) is 11.7. The highest BCUT2D eigenvalue weighted by Gasteiger charge is 2.45. The second kappa shape index (κ2) is 6.65. The Morgan fingerprint density at radius 2 is 1.33 bits per heavy atom. The summed E-state index contributed by atoms with van der Waals surface area (Å²) in [6.07, 6.45) is 18.6. The van der Waals surface area contributed by atoms with Crippen molar-refractivity contribution in [3.63, 3.8) is 0 Å². The smallest absolute Gasteiger partial charge is 0.0482 e. The summed E-state index contributed by atoms with van der Waals surface area (Å²) in [6.45, 7) is 0. The van der Waals surface area contributed by atoms with Gasteiger partial charge in [0, 0.05) is 35.9 Å². The molecule has 0 unspecified atom stereocenters. The van der Waals surface area contributed by atoms with E-state index in [4.69, 9.17) is 0 Å². The van der Waals surface area contributed by atoms with Gasteiger partial charge in [0.25, 0.3) is 0 Å². The van der Waals surface area contributed by atoms with Gasteiger partial charge >= 0.3 is 0 Å². The van der Waals surface area contributed by atoms with Crippen molar-refractivity contribution >= 4 is 10.9 Å². The predicted octanol–water partition coefficient (Wildman–Crippen LogP) is 6.17. The minimum Gasteiger partial charge on any atom is -0.344 e. The van der Waals surface area contributed by atoms with Crippen LogP contribution in [0.3, 0.4) is 0 Å². The Labute approximate surface area is 163 Å². The van der Waals surface area contributed by atoms with Crippen molar-refractivity contribution in [2.45, 2.75) is 94.8 Å². The van der Waals surface area contributed by atoms with Crippen LogP contribution < -0.4 is 0 Å². The average molecular weight is 363 g/mol. The van der Waals surface area contributed by atoms with Crippen LogP contribution in [0.5, 0.6) is 0 Å². The molecule has 1 aromatic heterocycles. The zero-order valence-electron chi connectivity index (χ0n) is 16.6. The van der Waals surface area contributed by atoms with Crippen LogP contribution in [0.2, 0.25) is 0 Å². The highest BCUT2D eigenvalue weighted by Crippen LogP contribution is 2.47. The largest absolute Gasteiger partial charge is 0.344 e. The van der Waals surface area contributed by atoms with Gasteiger partial charge in [-0.25, -0.2) is 0 Å². The molecule has 4 fully saturated rings. The van der Waals surface area contributed by atoms with E-state index in [1.165, 1.54) is 75.1 Å². The molecule has 2 aliphatic carbocycles. The molecule has 2 saturated carbocycles. The number of rotatable bonds is 2. The molecule has 2 aromatic rings. The van der Waals surface area contributed by atoms with Crippen molar-refractivity contribution in [3.8, 4) is 0 Å². The summed E-state index contributed by atoms with van der Waals surface area (Å²) in [5, 5.41) is 1.41. The quantitative estimate of drug-likeness (QED) is 0.620. The third-order valence-corrected chi connectivity index (χ3v) is 8.55. The van der Waals surface area contributed by atoms with Crippen molar-refractivity contribution in [1.82, 2.24) is 9.47 Å². The third kappa shape index (κ3) is 2.87. The lowest BCUT2D eigenvalue weighted by atomic mass is 9.68. The van der Waals surface area contributed by atoms with E-state index >= 15 is 0 Å². The first-order chi connectivity index (χ1) is 13.3. The standard InChI is InChI=1S/C25H34N2/c1-2-10-25-20(7-1)11-12-26(25)23-16-21-8-4-9-22(17-23)27(21)24-14-18-5-3-6-19(13-18)15-24/h1-2,7,10-12,18-19,21-24H,3-6,8-9,13-17H2/t18-,19+,21-,22+,23+,24+. The van der Waals surface area contributed by atoms with E-state index in [-0.39, 0.29) is 0 Å². The molecule has 144 valence electrons. The van der Waals surface area contributed by atoms with Gasteiger partial charge in [0.1, 0.15) is 0 Å². The lowest BCUT2D eigenvalue weighted by molar-refractivity contribution is -0.0482. The molecule has 2 heteroatoms. The van der Waals surface area contributed by atoms with Crippen LogP contribution in [0.25, 0.3) is 10.9 Å². The van der Waals surface area contributed by atoms with Crippen LogP contribution in [0, 0.1) is 11.8 Å². The minimum absolute atomic E-state index is 0.708. The fourth-order valence-electron chi connectivity index (χ4n) is 7.57. The minimum atomic E-state index is 0.708. The molecule has 0 amide bonds. The molecule has 3 heterocycles. The Hall–Kier alpha value is -1.28. The van der Waals surface area contributed by atoms with Gasteiger partial charge in [-0.15, -0.1) is 0 Å². The average Bonchev–Trinajstić information content (AvgIpc) is 3.11. The molecule has 1 aromatic carbocycles. The molecule has 0 spiro atoms. The Kier molecular flexibility index (Phi) is 4.10. The lowest BCUT2D eigenvalue weighted by Crippen LogP contribution is -2.58. The molecular formula is C25H34N2. The number of hydrogen-bond donors (Lipinski definition) is 0. The zero-order chi connectivity index (χ0) is 17.8. The van der Waals surface area contributed by atoms with E-state index in [1.54, 1.807) is 6.42 Å². The molecule has 4 aliphatic rings. The van der Waals surface area contributed by atoms with Gasteiger partial charge in [-0.05, 0) is 74.3 Å². The number of hydrogen-bond acceptors (Lipinski definition) is 1. The van der Waals surface area contributed by atoms with Gasteiger partial charge < -0.3 is 4.57 Å². The second-order valence-electron chi connectivity index (χ2n) is 10.1. The summed E-state index contributed by atoms with van der Waals surface area (Å²) in [5.41, 5.74) is 1.45. The summed E-state index contributed by atoms with van der Waals surface area (Å²) in [5.74, 6) is 2.10. The normalized spacial score (nSPS) is 39.6. The fraction of sp³-hybridized carbons (Fsp3) is 0.680. The maximum absolute atomic E-state index is 3.08. The van der Waals surface area contributed by atoms with E-state index in [0.717, 1.165) is 30.0 Å². The van der Waals surface area contributed by atoms with Crippen LogP contribution in [-0.2, 0) is 0 Å². The molecule has 2 aliphatic heterocycles. The van der Waals surface area contributed by atoms with Gasteiger partial charge in [0.05, 0.1) is 0 Å². The van der Waals surface area contributed by atoms with Gasteiger partial charge in [-0.2, -0.15) is 0 Å². The topological polar surface area (TPSA) is 8.17 Å². The number of para-hydroxylation sites is 1. The van der Waals surface area contributed by atoms with Gasteiger partial charge in [-0.1, -0.05) is 43.9 Å². The molecular weight excluding hydrogens is 328 g/mol. The van der Waals surface area contributed by atoms with Crippen LogP contribution in [-0.4, -0.2) is 27.6 Å². The fourth-order valence-corrected chi connectivity index (χ4v) is 7.57. The SMILES string of the molecule is c1ccc2c(c1)ccn2[C@H]1C[C@H]2CCC[C@@H](C1)N2[C@H]1C[C@@H]2CCC[C@@H](C2)C1. The van der Waals surface area contributed by atoms with Crippen LogP contribution in [0.15, 0.2) is 36.5 Å². The summed E-state index contributed by atoms with van der Waals surface area (Å²) < 4.78 is 2.62. The molecule has 4 bridgehead atoms. The molecule has 6 atom stereocenters. The first kappa shape index (κ1) is 16.7. The van der Waals surface area contributed by atoms with Crippen molar-refractivity contribution in [2.75, 3.05) is 0 Å². The maximum Gasteiger partial charge on any atom is 0.0482 e. The van der Waals surface area contributed by atoms with E-state index < -0.39 is 0 Å². The molecule has 2 nitrogen and oxygen atoms in total. The van der Waals surface area contributed by atoms with Gasteiger partial charge in [-0.3, -0.25) is 4.90 Å². The lowest BCUT2D eigenvalue weighted by Gasteiger charge is -2.55. The second-order valence-corrected chi connectivity index (χ2v) is 10.1. The van der Waals surface area contributed by atoms with Gasteiger partial charge in [0.2, 0.25) is 0 Å². The van der Waals surface area contributed by atoms with Crippen LogP contribution in [0.1, 0.15) is 76.7 Å². The van der Waals surface area contributed by atoms with Crippen molar-refractivity contribution < 1.29 is 0 Å². The number of nitrogens with zero attached hydrogens (tertiary/aromatic N) is 2. The molecule has 0 radical (unpaired) electrons. The van der Waals surface area contributed by atoms with Crippen molar-refractivity contribution in [1.29, 1.82) is 0 Å². The van der Waals surface area contributed by atoms with E-state index in [0.29, 0.717) is 6.04 Å².